The minimum absolute atomic E-state index is 0.650. The standard InChI is InChI=1S/C10H19N3/c1-9(6-11)4-3-5-10-7-12-13(2)8-10/h7-9H,3-6,11H2,1-2H3. The van der Waals surface area contributed by atoms with Crippen LogP contribution in [0, 0.1) is 5.92 Å². The second kappa shape index (κ2) is 5.02. The van der Waals surface area contributed by atoms with Gasteiger partial charge in [0, 0.05) is 13.2 Å². The highest BCUT2D eigenvalue weighted by molar-refractivity contribution is 5.03. The second-order valence-corrected chi connectivity index (χ2v) is 3.76. The number of nitrogens with two attached hydrogens (primary N) is 1. The maximum Gasteiger partial charge on any atom is 0.0521 e. The van der Waals surface area contributed by atoms with Crippen LogP contribution in [0.1, 0.15) is 25.3 Å². The molecule has 1 aromatic rings. The number of hydrogen-bond donors (Lipinski definition) is 1. The number of hydrogen-bond acceptors (Lipinski definition) is 2. The predicted molar refractivity (Wildman–Crippen MR) is 54.4 cm³/mol. The minimum atomic E-state index is 0.650. The van der Waals surface area contributed by atoms with Crippen LogP contribution >= 0.6 is 0 Å². The van der Waals surface area contributed by atoms with Crippen LogP contribution in [0.4, 0.5) is 0 Å². The van der Waals surface area contributed by atoms with Crippen molar-refractivity contribution in [1.29, 1.82) is 0 Å². The predicted octanol–water partition coefficient (Wildman–Crippen LogP) is 1.34. The maximum atomic E-state index is 5.54. The van der Waals surface area contributed by atoms with Gasteiger partial charge in [0.25, 0.3) is 0 Å². The monoisotopic (exact) mass is 181 g/mol. The summed E-state index contributed by atoms with van der Waals surface area (Å²) in [5, 5.41) is 4.13. The van der Waals surface area contributed by atoms with E-state index in [9.17, 15) is 0 Å². The van der Waals surface area contributed by atoms with Crippen LogP contribution in [-0.4, -0.2) is 16.3 Å². The molecule has 0 aromatic carbocycles. The van der Waals surface area contributed by atoms with Crippen LogP contribution in [0.2, 0.25) is 0 Å². The van der Waals surface area contributed by atoms with Crippen LogP contribution in [-0.2, 0) is 13.5 Å². The van der Waals surface area contributed by atoms with Gasteiger partial charge in [-0.05, 0) is 37.3 Å². The molecule has 0 aliphatic heterocycles. The van der Waals surface area contributed by atoms with Crippen LogP contribution < -0.4 is 5.73 Å². The van der Waals surface area contributed by atoms with Gasteiger partial charge in [0.05, 0.1) is 6.20 Å². The van der Waals surface area contributed by atoms with Crippen molar-refractivity contribution in [2.45, 2.75) is 26.2 Å². The molecule has 1 rings (SSSR count). The van der Waals surface area contributed by atoms with Crippen molar-refractivity contribution in [3.63, 3.8) is 0 Å². The van der Waals surface area contributed by atoms with Gasteiger partial charge in [-0.15, -0.1) is 0 Å². The van der Waals surface area contributed by atoms with Gasteiger partial charge in [-0.25, -0.2) is 0 Å². The van der Waals surface area contributed by atoms with E-state index in [-0.39, 0.29) is 0 Å². The molecule has 0 radical (unpaired) electrons. The molecule has 0 fully saturated rings. The lowest BCUT2D eigenvalue weighted by atomic mass is 10.0. The Labute approximate surface area is 79.9 Å². The summed E-state index contributed by atoms with van der Waals surface area (Å²) in [5.41, 5.74) is 6.86. The van der Waals surface area contributed by atoms with Gasteiger partial charge in [0.1, 0.15) is 0 Å². The molecular weight excluding hydrogens is 162 g/mol. The smallest absolute Gasteiger partial charge is 0.0521 e. The maximum absolute atomic E-state index is 5.54. The van der Waals surface area contributed by atoms with Crippen LogP contribution in [0.25, 0.3) is 0 Å². The SMILES string of the molecule is CC(CN)CCCc1cnn(C)c1. The van der Waals surface area contributed by atoms with E-state index in [1.54, 1.807) is 0 Å². The average Bonchev–Trinajstić information content (AvgIpc) is 2.51. The van der Waals surface area contributed by atoms with Gasteiger partial charge in [0.15, 0.2) is 0 Å². The fourth-order valence-electron chi connectivity index (χ4n) is 1.37. The van der Waals surface area contributed by atoms with Crippen molar-refractivity contribution < 1.29 is 0 Å². The van der Waals surface area contributed by atoms with Crippen molar-refractivity contribution in [2.24, 2.45) is 18.7 Å². The van der Waals surface area contributed by atoms with Gasteiger partial charge < -0.3 is 5.73 Å². The van der Waals surface area contributed by atoms with Crippen molar-refractivity contribution in [3.8, 4) is 0 Å². The van der Waals surface area contributed by atoms with Crippen LogP contribution in [0.5, 0.6) is 0 Å². The molecular formula is C10H19N3. The molecule has 0 bridgehead atoms. The molecule has 0 saturated carbocycles. The first-order valence-electron chi connectivity index (χ1n) is 4.90. The number of aryl methyl sites for hydroxylation is 2. The van der Waals surface area contributed by atoms with Crippen molar-refractivity contribution in [3.05, 3.63) is 18.0 Å². The molecule has 1 aromatic heterocycles. The van der Waals surface area contributed by atoms with E-state index >= 15 is 0 Å². The summed E-state index contributed by atoms with van der Waals surface area (Å²) in [5.74, 6) is 0.650. The highest BCUT2D eigenvalue weighted by atomic mass is 15.2. The first-order valence-corrected chi connectivity index (χ1v) is 4.90. The molecule has 0 amide bonds. The van der Waals surface area contributed by atoms with Gasteiger partial charge in [-0.3, -0.25) is 4.68 Å². The van der Waals surface area contributed by atoms with E-state index < -0.39 is 0 Å². The molecule has 1 heterocycles. The molecule has 0 aliphatic carbocycles. The molecule has 0 spiro atoms. The second-order valence-electron chi connectivity index (χ2n) is 3.76. The minimum Gasteiger partial charge on any atom is -0.330 e. The van der Waals surface area contributed by atoms with Crippen LogP contribution in [0.15, 0.2) is 12.4 Å². The Morgan fingerprint density at radius 3 is 2.92 bits per heavy atom. The molecule has 0 aliphatic rings. The molecule has 0 saturated heterocycles. The molecule has 1 unspecified atom stereocenters. The molecule has 2 N–H and O–H groups in total. The number of nitrogens with zero attached hydrogens (tertiary/aromatic N) is 2. The molecule has 13 heavy (non-hydrogen) atoms. The quantitative estimate of drug-likeness (QED) is 0.745. The molecule has 3 heteroatoms. The zero-order valence-electron chi connectivity index (χ0n) is 8.53. The van der Waals surface area contributed by atoms with E-state index in [0.29, 0.717) is 5.92 Å². The van der Waals surface area contributed by atoms with Gasteiger partial charge in [-0.1, -0.05) is 6.92 Å². The Morgan fingerprint density at radius 1 is 1.62 bits per heavy atom. The summed E-state index contributed by atoms with van der Waals surface area (Å²) in [7, 11) is 1.95. The normalized spacial score (nSPS) is 13.2. The number of rotatable bonds is 5. The zero-order valence-corrected chi connectivity index (χ0v) is 8.53. The Kier molecular flexibility index (Phi) is 3.96. The molecule has 74 valence electrons. The zero-order chi connectivity index (χ0) is 9.68. The summed E-state index contributed by atoms with van der Waals surface area (Å²) in [6, 6.07) is 0. The van der Waals surface area contributed by atoms with Gasteiger partial charge in [0.2, 0.25) is 0 Å². The number of aromatic nitrogens is 2. The summed E-state index contributed by atoms with van der Waals surface area (Å²) >= 11 is 0. The average molecular weight is 181 g/mol. The third kappa shape index (κ3) is 3.59. The van der Waals surface area contributed by atoms with E-state index in [0.717, 1.165) is 13.0 Å². The first kappa shape index (κ1) is 10.3. The topological polar surface area (TPSA) is 43.8 Å². The molecule has 3 nitrogen and oxygen atoms in total. The van der Waals surface area contributed by atoms with E-state index in [1.807, 2.05) is 17.9 Å². The first-order chi connectivity index (χ1) is 6.22. The summed E-state index contributed by atoms with van der Waals surface area (Å²) in [4.78, 5) is 0. The van der Waals surface area contributed by atoms with E-state index in [4.69, 9.17) is 5.73 Å². The highest BCUT2D eigenvalue weighted by Crippen LogP contribution is 2.08. The lowest BCUT2D eigenvalue weighted by molar-refractivity contribution is 0.520. The Hall–Kier alpha value is -0.830. The highest BCUT2D eigenvalue weighted by Gasteiger charge is 2.00. The third-order valence-electron chi connectivity index (χ3n) is 2.32. The third-order valence-corrected chi connectivity index (χ3v) is 2.32. The Bertz CT molecular complexity index is 242. The Morgan fingerprint density at radius 2 is 2.38 bits per heavy atom. The largest absolute Gasteiger partial charge is 0.330 e. The summed E-state index contributed by atoms with van der Waals surface area (Å²) in [6.45, 7) is 3.00. The van der Waals surface area contributed by atoms with Crippen LogP contribution in [0.3, 0.4) is 0 Å². The van der Waals surface area contributed by atoms with Gasteiger partial charge >= 0.3 is 0 Å². The Balaban J connectivity index is 2.20. The molecule has 1 atom stereocenters. The summed E-state index contributed by atoms with van der Waals surface area (Å²) < 4.78 is 1.85. The van der Waals surface area contributed by atoms with E-state index in [2.05, 4.69) is 18.2 Å². The van der Waals surface area contributed by atoms with Crippen molar-refractivity contribution in [1.82, 2.24) is 9.78 Å². The fraction of sp³-hybridized carbons (Fsp3) is 0.700. The summed E-state index contributed by atoms with van der Waals surface area (Å²) in [6.07, 6.45) is 7.56. The van der Waals surface area contributed by atoms with Crippen molar-refractivity contribution in [2.75, 3.05) is 6.54 Å². The lowest BCUT2D eigenvalue weighted by Crippen LogP contribution is -2.10. The fourth-order valence-corrected chi connectivity index (χ4v) is 1.37. The van der Waals surface area contributed by atoms with Gasteiger partial charge in [-0.2, -0.15) is 5.10 Å². The lowest BCUT2D eigenvalue weighted by Gasteiger charge is -2.06. The van der Waals surface area contributed by atoms with Crippen molar-refractivity contribution >= 4 is 0 Å². The van der Waals surface area contributed by atoms with E-state index in [1.165, 1.54) is 18.4 Å².